The Kier molecular flexibility index (Phi) is 4.48. The molecule has 3 heterocycles. The Morgan fingerprint density at radius 1 is 1.06 bits per heavy atom. The lowest BCUT2D eigenvalue weighted by Crippen LogP contribution is -2.31. The normalized spacial score (nSPS) is 14.3. The third-order valence-corrected chi connectivity index (χ3v) is 6.25. The molecule has 1 aliphatic rings. The van der Waals surface area contributed by atoms with Crippen LogP contribution in [0.1, 0.15) is 18.7 Å². The Balaban J connectivity index is 1.39. The van der Waals surface area contributed by atoms with Gasteiger partial charge in [-0.3, -0.25) is 4.79 Å². The first-order chi connectivity index (χ1) is 16.1. The smallest absolute Gasteiger partial charge is 0.252 e. The molecule has 33 heavy (non-hydrogen) atoms. The average molecular weight is 455 g/mol. The van der Waals surface area contributed by atoms with Crippen molar-refractivity contribution in [3.63, 3.8) is 0 Å². The highest BCUT2D eigenvalue weighted by Gasteiger charge is 2.49. The van der Waals surface area contributed by atoms with Gasteiger partial charge in [0.15, 0.2) is 0 Å². The summed E-state index contributed by atoms with van der Waals surface area (Å²) in [5.41, 5.74) is 3.62. The quantitative estimate of drug-likeness (QED) is 0.435. The van der Waals surface area contributed by atoms with E-state index in [1.807, 2.05) is 48.8 Å². The van der Waals surface area contributed by atoms with Crippen LogP contribution in [0.5, 0.6) is 0 Å². The molecule has 0 unspecified atom stereocenters. The van der Waals surface area contributed by atoms with Crippen LogP contribution in [-0.4, -0.2) is 34.7 Å². The van der Waals surface area contributed by atoms with Crippen LogP contribution in [0, 0.1) is 6.07 Å². The van der Waals surface area contributed by atoms with Gasteiger partial charge in [-0.1, -0.05) is 35.9 Å². The molecule has 0 atom stereocenters. The molecule has 1 radical (unpaired) electrons. The van der Waals surface area contributed by atoms with Crippen molar-refractivity contribution in [2.75, 3.05) is 0 Å². The number of imidazole rings is 1. The van der Waals surface area contributed by atoms with Gasteiger partial charge in [-0.05, 0) is 64.7 Å². The van der Waals surface area contributed by atoms with Gasteiger partial charge in [0, 0.05) is 22.8 Å². The van der Waals surface area contributed by atoms with E-state index in [-0.39, 0.29) is 5.56 Å². The molecule has 1 aliphatic carbocycles. The van der Waals surface area contributed by atoms with E-state index in [2.05, 4.69) is 31.6 Å². The second-order valence-electron chi connectivity index (χ2n) is 8.01. The van der Waals surface area contributed by atoms with Crippen LogP contribution in [0.3, 0.4) is 0 Å². The zero-order valence-electron chi connectivity index (χ0n) is 17.3. The fourth-order valence-electron chi connectivity index (χ4n) is 4.19. The first kappa shape index (κ1) is 19.6. The molecule has 1 fully saturated rings. The fourth-order valence-corrected chi connectivity index (χ4v) is 4.36. The van der Waals surface area contributed by atoms with Gasteiger partial charge in [-0.15, -0.1) is 5.10 Å². The van der Waals surface area contributed by atoms with Gasteiger partial charge in [-0.25, -0.2) is 4.98 Å². The summed E-state index contributed by atoms with van der Waals surface area (Å²) in [7, 11) is 0. The van der Waals surface area contributed by atoms with Gasteiger partial charge < -0.3 is 9.55 Å². The van der Waals surface area contributed by atoms with Crippen LogP contribution in [0.2, 0.25) is 5.02 Å². The van der Waals surface area contributed by atoms with E-state index in [0.717, 1.165) is 46.7 Å². The summed E-state index contributed by atoms with van der Waals surface area (Å²) in [5, 5.41) is 11.9. The molecular weight excluding hydrogens is 438 g/mol. The highest BCUT2D eigenvalue weighted by Crippen LogP contribution is 2.47. The van der Waals surface area contributed by atoms with Gasteiger partial charge in [0.2, 0.25) is 0 Å². The van der Waals surface area contributed by atoms with Crippen molar-refractivity contribution in [3.05, 3.63) is 101 Å². The van der Waals surface area contributed by atoms with Gasteiger partial charge in [0.25, 0.3) is 5.56 Å². The largest absolute Gasteiger partial charge is 0.340 e. The lowest BCUT2D eigenvalue weighted by Gasteiger charge is -2.17. The number of nitrogens with zero attached hydrogens (tertiary/aromatic N) is 6. The Bertz CT molecular complexity index is 1500. The topological polar surface area (TPSA) is 94.3 Å². The van der Waals surface area contributed by atoms with E-state index in [1.165, 1.54) is 6.33 Å². The predicted molar refractivity (Wildman–Crippen MR) is 123 cm³/mol. The monoisotopic (exact) mass is 454 g/mol. The van der Waals surface area contributed by atoms with Crippen molar-refractivity contribution in [1.29, 1.82) is 0 Å². The van der Waals surface area contributed by atoms with E-state index in [4.69, 9.17) is 11.6 Å². The van der Waals surface area contributed by atoms with Crippen LogP contribution in [0.25, 0.3) is 28.1 Å². The molecule has 161 valence electrons. The Labute approximate surface area is 193 Å². The van der Waals surface area contributed by atoms with Crippen LogP contribution >= 0.6 is 11.6 Å². The molecule has 0 bridgehead atoms. The molecule has 1 saturated carbocycles. The van der Waals surface area contributed by atoms with Crippen molar-refractivity contribution in [2.45, 2.75) is 18.4 Å². The lowest BCUT2D eigenvalue weighted by molar-refractivity contribution is 0.525. The number of nitrogens with one attached hydrogen (secondary N) is 1. The van der Waals surface area contributed by atoms with Crippen LogP contribution in [0.4, 0.5) is 0 Å². The molecule has 9 heteroatoms. The summed E-state index contributed by atoms with van der Waals surface area (Å²) in [6.07, 6.45) is 6.83. The first-order valence-electron chi connectivity index (χ1n) is 10.4. The summed E-state index contributed by atoms with van der Waals surface area (Å²) >= 11 is 6.26. The molecule has 3 aromatic heterocycles. The summed E-state index contributed by atoms with van der Waals surface area (Å²) in [5.74, 6) is 0.789. The minimum Gasteiger partial charge on any atom is -0.340 e. The van der Waals surface area contributed by atoms with Gasteiger partial charge in [0.1, 0.15) is 17.7 Å². The highest BCUT2D eigenvalue weighted by molar-refractivity contribution is 6.31. The number of aromatic nitrogens is 7. The Hall–Kier alpha value is -4.04. The summed E-state index contributed by atoms with van der Waals surface area (Å²) in [6, 6.07) is 19.6. The van der Waals surface area contributed by atoms with E-state index in [1.54, 1.807) is 27.4 Å². The number of halogens is 1. The third kappa shape index (κ3) is 3.35. The molecule has 0 spiro atoms. The van der Waals surface area contributed by atoms with Crippen LogP contribution < -0.4 is 5.56 Å². The summed E-state index contributed by atoms with van der Waals surface area (Å²) < 4.78 is 3.31. The van der Waals surface area contributed by atoms with E-state index >= 15 is 0 Å². The SMILES string of the molecule is O=c1cc(-c2cc(Cl)ccc2-n2cnnn2)ccn1C1(c2ncc(-c3cc[c]cc3)[nH]2)CC1. The zero-order valence-corrected chi connectivity index (χ0v) is 18.1. The third-order valence-electron chi connectivity index (χ3n) is 6.02. The van der Waals surface area contributed by atoms with E-state index in [9.17, 15) is 4.79 Å². The number of rotatable bonds is 5. The molecule has 0 saturated heterocycles. The number of H-pyrrole nitrogens is 1. The van der Waals surface area contributed by atoms with Crippen LogP contribution in [-0.2, 0) is 5.54 Å². The number of hydrogen-bond acceptors (Lipinski definition) is 5. The average Bonchev–Trinajstić information content (AvgIpc) is 3.24. The number of benzene rings is 2. The Morgan fingerprint density at radius 3 is 2.64 bits per heavy atom. The second-order valence-corrected chi connectivity index (χ2v) is 8.44. The Morgan fingerprint density at radius 2 is 1.91 bits per heavy atom. The molecule has 2 aromatic carbocycles. The summed E-state index contributed by atoms with van der Waals surface area (Å²) in [6.45, 7) is 0. The maximum atomic E-state index is 13.3. The van der Waals surface area contributed by atoms with Gasteiger partial charge in [0.05, 0.1) is 17.6 Å². The highest BCUT2D eigenvalue weighted by atomic mass is 35.5. The van der Waals surface area contributed by atoms with E-state index < -0.39 is 5.54 Å². The standard InChI is InChI=1S/C24H17ClN7O/c25-18-6-7-21(32-15-27-29-30-32)19(13-18)17-8-11-31(22(33)12-17)24(9-10-24)23-26-14-20(28-23)16-4-2-1-3-5-16/h2-8,11-15H,9-10H2,(H,26,28). The van der Waals surface area contributed by atoms with Crippen molar-refractivity contribution < 1.29 is 0 Å². The second kappa shape index (κ2) is 7.53. The molecule has 0 amide bonds. The van der Waals surface area contributed by atoms with Crippen LogP contribution in [0.15, 0.2) is 78.1 Å². The number of aromatic amines is 1. The van der Waals surface area contributed by atoms with Crippen molar-refractivity contribution >= 4 is 11.6 Å². The predicted octanol–water partition coefficient (Wildman–Crippen LogP) is 3.87. The molecule has 8 nitrogen and oxygen atoms in total. The molecule has 5 aromatic rings. The summed E-state index contributed by atoms with van der Waals surface area (Å²) in [4.78, 5) is 21.3. The number of pyridine rings is 1. The van der Waals surface area contributed by atoms with Gasteiger partial charge >= 0.3 is 0 Å². The minimum atomic E-state index is -0.457. The number of hydrogen-bond donors (Lipinski definition) is 1. The zero-order chi connectivity index (χ0) is 22.4. The van der Waals surface area contributed by atoms with Crippen molar-refractivity contribution in [1.82, 2.24) is 34.7 Å². The minimum absolute atomic E-state index is 0.111. The van der Waals surface area contributed by atoms with Crippen molar-refractivity contribution in [3.8, 4) is 28.1 Å². The first-order valence-corrected chi connectivity index (χ1v) is 10.8. The fraction of sp³-hybridized carbons (Fsp3) is 0.125. The molecule has 0 aliphatic heterocycles. The maximum absolute atomic E-state index is 13.3. The molecular formula is C24H17ClN7O. The van der Waals surface area contributed by atoms with Gasteiger partial charge in [-0.2, -0.15) is 4.68 Å². The maximum Gasteiger partial charge on any atom is 0.252 e. The molecule has 6 rings (SSSR count). The van der Waals surface area contributed by atoms with E-state index in [0.29, 0.717) is 5.02 Å². The molecule has 1 N–H and O–H groups in total. The number of tetrazole rings is 1. The lowest BCUT2D eigenvalue weighted by atomic mass is 10.0. The van der Waals surface area contributed by atoms with Crippen molar-refractivity contribution in [2.24, 2.45) is 0 Å².